The van der Waals surface area contributed by atoms with Crippen molar-refractivity contribution in [1.29, 1.82) is 0 Å². The van der Waals surface area contributed by atoms with Crippen LogP contribution < -0.4 is 19.9 Å². The number of carbonyl (C=O) groups excluding carboxylic acids is 2. The van der Waals surface area contributed by atoms with Gasteiger partial charge in [0.25, 0.3) is 11.8 Å². The lowest BCUT2D eigenvalue weighted by Gasteiger charge is -2.18. The van der Waals surface area contributed by atoms with Gasteiger partial charge >= 0.3 is 0 Å². The van der Waals surface area contributed by atoms with E-state index in [9.17, 15) is 9.59 Å². The number of rotatable bonds is 7. The van der Waals surface area contributed by atoms with E-state index in [0.717, 1.165) is 9.99 Å². The summed E-state index contributed by atoms with van der Waals surface area (Å²) in [6.07, 6.45) is 2.50. The van der Waals surface area contributed by atoms with Crippen molar-refractivity contribution in [3.05, 3.63) is 57.2 Å². The van der Waals surface area contributed by atoms with Gasteiger partial charge in [-0.05, 0) is 78.8 Å². The van der Waals surface area contributed by atoms with Gasteiger partial charge in [0.05, 0.1) is 22.0 Å². The van der Waals surface area contributed by atoms with Crippen LogP contribution in [0.3, 0.4) is 0 Å². The van der Waals surface area contributed by atoms with Crippen LogP contribution in [0, 0.1) is 3.57 Å². The molecule has 1 aliphatic rings. The summed E-state index contributed by atoms with van der Waals surface area (Å²) in [4.78, 5) is 25.2. The number of hydrogen-bond acceptors (Lipinski definition) is 4. The first-order valence-corrected chi connectivity index (χ1v) is 10.6. The van der Waals surface area contributed by atoms with Crippen LogP contribution in [0.15, 0.2) is 48.0 Å². The van der Waals surface area contributed by atoms with Gasteiger partial charge in [0.1, 0.15) is 5.57 Å². The number of amides is 2. The average Bonchev–Trinajstić information content (AvgIpc) is 2.99. The zero-order chi connectivity index (χ0) is 21.0. The summed E-state index contributed by atoms with van der Waals surface area (Å²) in [5.41, 5.74) is 3.98. The van der Waals surface area contributed by atoms with Crippen LogP contribution in [0.1, 0.15) is 32.8 Å². The summed E-state index contributed by atoms with van der Waals surface area (Å²) in [7, 11) is 0. The van der Waals surface area contributed by atoms with E-state index in [-0.39, 0.29) is 11.7 Å². The number of hydrazine groups is 1. The molecule has 0 saturated carbocycles. The highest BCUT2D eigenvalue weighted by Crippen LogP contribution is 2.36. The minimum atomic E-state index is -0.438. The number of ether oxygens (including phenoxy) is 2. The Hall–Kier alpha value is -2.55. The summed E-state index contributed by atoms with van der Waals surface area (Å²) in [6.45, 7) is 6.44. The molecule has 2 amide bonds. The second-order valence-corrected chi connectivity index (χ2v) is 7.74. The highest BCUT2D eigenvalue weighted by Gasteiger charge is 2.34. The van der Waals surface area contributed by atoms with Crippen molar-refractivity contribution >= 4 is 46.2 Å². The van der Waals surface area contributed by atoms with Gasteiger partial charge in [0.15, 0.2) is 11.5 Å². The number of nitrogens with zero attached hydrogens (tertiary/aromatic N) is 1. The lowest BCUT2D eigenvalue weighted by atomic mass is 10.1. The van der Waals surface area contributed by atoms with Crippen LogP contribution in [0.25, 0.3) is 6.08 Å². The van der Waals surface area contributed by atoms with Gasteiger partial charge in [-0.25, -0.2) is 5.01 Å². The van der Waals surface area contributed by atoms with Crippen LogP contribution in [0.2, 0.25) is 0 Å². The lowest BCUT2D eigenvalue weighted by molar-refractivity contribution is -0.117. The van der Waals surface area contributed by atoms with Gasteiger partial charge in [-0.15, -0.1) is 0 Å². The molecule has 2 aromatic rings. The van der Waals surface area contributed by atoms with Crippen LogP contribution in [-0.2, 0) is 9.59 Å². The Kier molecular flexibility index (Phi) is 6.79. The third-order valence-corrected chi connectivity index (χ3v) is 5.24. The molecule has 6 nitrogen and oxygen atoms in total. The summed E-state index contributed by atoms with van der Waals surface area (Å²) < 4.78 is 12.6. The van der Waals surface area contributed by atoms with Gasteiger partial charge in [-0.3, -0.25) is 15.0 Å². The van der Waals surface area contributed by atoms with E-state index in [0.29, 0.717) is 29.4 Å². The van der Waals surface area contributed by atoms with E-state index < -0.39 is 11.8 Å². The Balaban J connectivity index is 1.95. The van der Waals surface area contributed by atoms with Crippen molar-refractivity contribution in [3.8, 4) is 11.5 Å². The predicted molar refractivity (Wildman–Crippen MR) is 121 cm³/mol. The zero-order valence-corrected chi connectivity index (χ0v) is 18.7. The number of hydrogen-bond donors (Lipinski definition) is 1. The molecule has 1 N–H and O–H groups in total. The van der Waals surface area contributed by atoms with E-state index >= 15 is 0 Å². The highest BCUT2D eigenvalue weighted by atomic mass is 127. The van der Waals surface area contributed by atoms with Crippen molar-refractivity contribution < 1.29 is 19.1 Å². The fourth-order valence-electron chi connectivity index (χ4n) is 2.82. The van der Waals surface area contributed by atoms with Crippen molar-refractivity contribution in [2.45, 2.75) is 33.3 Å². The molecule has 3 rings (SSSR count). The molecular weight excluding hydrogens is 483 g/mol. The third kappa shape index (κ3) is 4.72. The predicted octanol–water partition coefficient (Wildman–Crippen LogP) is 4.33. The molecule has 0 unspecified atom stereocenters. The first-order valence-electron chi connectivity index (χ1n) is 9.49. The minimum absolute atomic E-state index is 0.0496. The first kappa shape index (κ1) is 21.2. The maximum atomic E-state index is 12.8. The van der Waals surface area contributed by atoms with E-state index in [4.69, 9.17) is 9.47 Å². The molecule has 1 heterocycles. The Labute approximate surface area is 184 Å². The fourth-order valence-corrected chi connectivity index (χ4v) is 3.57. The van der Waals surface area contributed by atoms with Crippen LogP contribution in [0.5, 0.6) is 11.5 Å². The highest BCUT2D eigenvalue weighted by molar-refractivity contribution is 14.1. The smallest absolute Gasteiger partial charge is 0.282 e. The third-order valence-electron chi connectivity index (χ3n) is 4.44. The SMILES string of the molecule is CCOc1cc(/C=C2/C(=O)NN(c3ccccc3)C2=O)cc(I)c1O[C@@H](C)CC. The number of nitrogens with one attached hydrogen (secondary N) is 1. The fraction of sp³-hybridized carbons (Fsp3) is 0.273. The Morgan fingerprint density at radius 3 is 2.55 bits per heavy atom. The molecule has 2 aromatic carbocycles. The topological polar surface area (TPSA) is 67.9 Å². The molecule has 0 aromatic heterocycles. The zero-order valence-electron chi connectivity index (χ0n) is 16.6. The first-order chi connectivity index (χ1) is 13.9. The van der Waals surface area contributed by atoms with E-state index in [1.54, 1.807) is 24.3 Å². The molecule has 29 heavy (non-hydrogen) atoms. The number of carbonyl (C=O) groups is 2. The van der Waals surface area contributed by atoms with Gasteiger partial charge in [-0.1, -0.05) is 25.1 Å². The minimum Gasteiger partial charge on any atom is -0.490 e. The summed E-state index contributed by atoms with van der Waals surface area (Å²) in [5.74, 6) is 0.440. The number of anilines is 1. The van der Waals surface area contributed by atoms with E-state index in [2.05, 4.69) is 34.9 Å². The molecule has 1 atom stereocenters. The lowest BCUT2D eigenvalue weighted by Crippen LogP contribution is -2.35. The van der Waals surface area contributed by atoms with Crippen molar-refractivity contribution in [3.63, 3.8) is 0 Å². The van der Waals surface area contributed by atoms with E-state index in [1.165, 1.54) is 5.01 Å². The quantitative estimate of drug-likeness (QED) is 0.345. The molecule has 1 saturated heterocycles. The van der Waals surface area contributed by atoms with Crippen LogP contribution in [0.4, 0.5) is 5.69 Å². The monoisotopic (exact) mass is 506 g/mol. The number of para-hydroxylation sites is 1. The van der Waals surface area contributed by atoms with Gasteiger partial charge < -0.3 is 9.47 Å². The van der Waals surface area contributed by atoms with Crippen LogP contribution in [-0.4, -0.2) is 24.5 Å². The standard InChI is InChI=1S/C22H23IN2O4/c1-4-14(3)29-20-18(23)12-15(13-19(20)28-5-2)11-17-21(26)24-25(22(17)27)16-9-7-6-8-10-16/h6-14H,4-5H2,1-3H3,(H,24,26)/b17-11-/t14-/m0/s1. The molecule has 0 aliphatic carbocycles. The van der Waals surface area contributed by atoms with Crippen molar-refractivity contribution in [1.82, 2.24) is 5.43 Å². The van der Waals surface area contributed by atoms with Gasteiger partial charge in [0, 0.05) is 0 Å². The summed E-state index contributed by atoms with van der Waals surface area (Å²) in [6, 6.07) is 12.7. The Morgan fingerprint density at radius 1 is 1.17 bits per heavy atom. The van der Waals surface area contributed by atoms with Crippen molar-refractivity contribution in [2.75, 3.05) is 11.6 Å². The molecule has 152 valence electrons. The van der Waals surface area contributed by atoms with E-state index in [1.807, 2.05) is 38.1 Å². The molecule has 1 aliphatic heterocycles. The number of halogens is 1. The van der Waals surface area contributed by atoms with Gasteiger partial charge in [0.2, 0.25) is 0 Å². The van der Waals surface area contributed by atoms with Crippen molar-refractivity contribution in [2.24, 2.45) is 0 Å². The Morgan fingerprint density at radius 2 is 1.90 bits per heavy atom. The second-order valence-electron chi connectivity index (χ2n) is 6.57. The van der Waals surface area contributed by atoms with Crippen LogP contribution >= 0.6 is 22.6 Å². The second kappa shape index (κ2) is 9.30. The molecular formula is C22H23IN2O4. The molecule has 7 heteroatoms. The normalized spacial score (nSPS) is 16.1. The maximum absolute atomic E-state index is 12.8. The molecule has 0 spiro atoms. The maximum Gasteiger partial charge on any atom is 0.282 e. The molecule has 0 bridgehead atoms. The largest absolute Gasteiger partial charge is 0.490 e. The number of benzene rings is 2. The summed E-state index contributed by atoms with van der Waals surface area (Å²) >= 11 is 2.18. The average molecular weight is 506 g/mol. The Bertz CT molecular complexity index is 943. The van der Waals surface area contributed by atoms with Gasteiger partial charge in [-0.2, -0.15) is 0 Å². The molecule has 1 fully saturated rings. The summed E-state index contributed by atoms with van der Waals surface area (Å²) in [5, 5.41) is 1.25. The molecule has 0 radical (unpaired) electrons.